The van der Waals surface area contributed by atoms with Gasteiger partial charge in [0.25, 0.3) is 0 Å². The first-order valence-electron chi connectivity index (χ1n) is 6.10. The molecular weight excluding hydrogens is 202 g/mol. The molecule has 2 heterocycles. The average molecular weight is 217 g/mol. The minimum Gasteiger partial charge on any atom is -0.490 e. The Hall–Kier alpha value is -1.06. The molecule has 0 aromatic heterocycles. The lowest BCUT2D eigenvalue weighted by Crippen LogP contribution is -2.42. The van der Waals surface area contributed by atoms with Crippen molar-refractivity contribution in [2.75, 3.05) is 0 Å². The number of benzene rings is 1. The van der Waals surface area contributed by atoms with Gasteiger partial charge in [0.2, 0.25) is 0 Å². The molecule has 0 bridgehead atoms. The van der Waals surface area contributed by atoms with Crippen molar-refractivity contribution in [3.8, 4) is 5.75 Å². The van der Waals surface area contributed by atoms with Crippen LogP contribution in [0.3, 0.4) is 0 Å². The first kappa shape index (κ1) is 9.02. The lowest BCUT2D eigenvalue weighted by Gasteiger charge is -2.39. The SMILES string of the molecule is c1ccc2c(c1)O[C@@H]1CCC[C@@H]3ON[C@H]2[C@@H]31. The topological polar surface area (TPSA) is 30.5 Å². The van der Waals surface area contributed by atoms with Gasteiger partial charge in [-0.25, -0.2) is 0 Å². The first-order valence-corrected chi connectivity index (χ1v) is 6.10. The number of hydrogen-bond donors (Lipinski definition) is 1. The number of hydrogen-bond acceptors (Lipinski definition) is 3. The molecule has 0 radical (unpaired) electrons. The quantitative estimate of drug-likeness (QED) is 0.722. The predicted molar refractivity (Wildman–Crippen MR) is 58.9 cm³/mol. The largest absolute Gasteiger partial charge is 0.490 e. The molecule has 4 rings (SSSR count). The van der Waals surface area contributed by atoms with E-state index in [1.54, 1.807) is 0 Å². The van der Waals surface area contributed by atoms with E-state index in [2.05, 4.69) is 23.7 Å². The van der Waals surface area contributed by atoms with Crippen molar-refractivity contribution in [3.05, 3.63) is 29.8 Å². The maximum atomic E-state index is 6.10. The van der Waals surface area contributed by atoms with Crippen molar-refractivity contribution >= 4 is 0 Å². The van der Waals surface area contributed by atoms with Gasteiger partial charge in [-0.05, 0) is 25.3 Å². The summed E-state index contributed by atoms with van der Waals surface area (Å²) in [6.07, 6.45) is 4.22. The van der Waals surface area contributed by atoms with Crippen LogP contribution in [0.15, 0.2) is 24.3 Å². The molecule has 0 amide bonds. The zero-order valence-corrected chi connectivity index (χ0v) is 9.06. The second kappa shape index (κ2) is 3.22. The lowest BCUT2D eigenvalue weighted by atomic mass is 9.76. The fourth-order valence-electron chi connectivity index (χ4n) is 3.37. The summed E-state index contributed by atoms with van der Waals surface area (Å²) in [6.45, 7) is 0. The maximum absolute atomic E-state index is 6.10. The molecule has 4 atom stereocenters. The minimum absolute atomic E-state index is 0.334. The van der Waals surface area contributed by atoms with E-state index < -0.39 is 0 Å². The summed E-state index contributed by atoms with van der Waals surface area (Å²) in [7, 11) is 0. The summed E-state index contributed by atoms with van der Waals surface area (Å²) in [6, 6.07) is 8.65. The molecule has 1 saturated heterocycles. The Labute approximate surface area is 94.7 Å². The highest BCUT2D eigenvalue weighted by atomic mass is 16.7. The van der Waals surface area contributed by atoms with Gasteiger partial charge in [-0.2, -0.15) is 5.48 Å². The van der Waals surface area contributed by atoms with Crippen molar-refractivity contribution in [2.45, 2.75) is 37.5 Å². The van der Waals surface area contributed by atoms with Crippen LogP contribution in [-0.2, 0) is 4.84 Å². The summed E-state index contributed by atoms with van der Waals surface area (Å²) in [5, 5.41) is 0. The van der Waals surface area contributed by atoms with Gasteiger partial charge in [0, 0.05) is 11.5 Å². The zero-order valence-electron chi connectivity index (χ0n) is 9.06. The van der Waals surface area contributed by atoms with E-state index in [-0.39, 0.29) is 0 Å². The maximum Gasteiger partial charge on any atom is 0.124 e. The molecule has 3 nitrogen and oxygen atoms in total. The third kappa shape index (κ3) is 1.10. The third-order valence-electron chi connectivity index (χ3n) is 4.10. The van der Waals surface area contributed by atoms with Crippen LogP contribution in [-0.4, -0.2) is 12.2 Å². The Kier molecular flexibility index (Phi) is 1.81. The van der Waals surface area contributed by atoms with E-state index in [0.717, 1.165) is 18.6 Å². The van der Waals surface area contributed by atoms with Crippen molar-refractivity contribution in [3.63, 3.8) is 0 Å². The Balaban J connectivity index is 1.82. The van der Waals surface area contributed by atoms with Crippen LogP contribution < -0.4 is 10.2 Å². The highest BCUT2D eigenvalue weighted by Gasteiger charge is 2.49. The summed E-state index contributed by atoms with van der Waals surface area (Å²) in [4.78, 5) is 5.70. The smallest absolute Gasteiger partial charge is 0.124 e. The molecule has 2 fully saturated rings. The molecule has 3 heteroatoms. The van der Waals surface area contributed by atoms with E-state index in [4.69, 9.17) is 9.57 Å². The van der Waals surface area contributed by atoms with Gasteiger partial charge >= 0.3 is 0 Å². The molecule has 1 aromatic rings. The first-order chi connectivity index (χ1) is 7.93. The van der Waals surface area contributed by atoms with Gasteiger partial charge in [-0.15, -0.1) is 0 Å². The summed E-state index contributed by atoms with van der Waals surface area (Å²) in [5.74, 6) is 1.54. The summed E-state index contributed by atoms with van der Waals surface area (Å²) < 4.78 is 6.10. The van der Waals surface area contributed by atoms with E-state index in [9.17, 15) is 0 Å². The number of hydroxylamine groups is 1. The Morgan fingerprint density at radius 1 is 1.12 bits per heavy atom. The van der Waals surface area contributed by atoms with Gasteiger partial charge in [-0.1, -0.05) is 18.2 Å². The molecule has 3 aliphatic rings. The summed E-state index contributed by atoms with van der Waals surface area (Å²) in [5.41, 5.74) is 4.46. The monoisotopic (exact) mass is 217 g/mol. The fraction of sp³-hybridized carbons (Fsp3) is 0.538. The second-order valence-electron chi connectivity index (χ2n) is 4.95. The van der Waals surface area contributed by atoms with E-state index >= 15 is 0 Å². The standard InChI is InChI=1S/C13H15NO2/c1-2-5-9-8(4-1)13-12-10(15-9)6-3-7-11(12)16-14-13/h1-2,4-5,10-14H,3,6-7H2/t10-,11+,12-,13-/m1/s1. The Bertz CT molecular complexity index is 420. The van der Waals surface area contributed by atoms with Crippen molar-refractivity contribution < 1.29 is 9.57 Å². The Morgan fingerprint density at radius 2 is 2.00 bits per heavy atom. The van der Waals surface area contributed by atoms with Crippen LogP contribution in [0.25, 0.3) is 0 Å². The second-order valence-corrected chi connectivity index (χ2v) is 4.95. The predicted octanol–water partition coefficient (Wildman–Crippen LogP) is 2.19. The molecule has 1 aromatic carbocycles. The molecule has 84 valence electrons. The van der Waals surface area contributed by atoms with Crippen LogP contribution in [0.5, 0.6) is 5.75 Å². The Morgan fingerprint density at radius 3 is 3.00 bits per heavy atom. The van der Waals surface area contributed by atoms with Crippen molar-refractivity contribution in [1.29, 1.82) is 0 Å². The fourth-order valence-corrected chi connectivity index (χ4v) is 3.37. The highest BCUT2D eigenvalue weighted by molar-refractivity contribution is 5.39. The average Bonchev–Trinajstić information content (AvgIpc) is 2.76. The van der Waals surface area contributed by atoms with Crippen LogP contribution in [0.1, 0.15) is 30.9 Å². The number of fused-ring (bicyclic) bond motifs is 2. The van der Waals surface area contributed by atoms with E-state index in [1.807, 2.05) is 6.07 Å². The molecule has 2 aliphatic heterocycles. The molecule has 1 N–H and O–H groups in total. The summed E-state index contributed by atoms with van der Waals surface area (Å²) >= 11 is 0. The van der Waals surface area contributed by atoms with Crippen LogP contribution >= 0.6 is 0 Å². The molecule has 0 unspecified atom stereocenters. The van der Waals surface area contributed by atoms with Gasteiger partial charge in [-0.3, -0.25) is 4.84 Å². The molecule has 1 saturated carbocycles. The zero-order chi connectivity index (χ0) is 10.5. The van der Waals surface area contributed by atoms with Crippen LogP contribution in [0.2, 0.25) is 0 Å². The highest BCUT2D eigenvalue weighted by Crippen LogP contribution is 2.48. The molecule has 16 heavy (non-hydrogen) atoms. The molecule has 1 aliphatic carbocycles. The van der Waals surface area contributed by atoms with Gasteiger partial charge < -0.3 is 4.74 Å². The van der Waals surface area contributed by atoms with Crippen LogP contribution in [0.4, 0.5) is 0 Å². The van der Waals surface area contributed by atoms with E-state index in [0.29, 0.717) is 24.2 Å². The van der Waals surface area contributed by atoms with Crippen molar-refractivity contribution in [1.82, 2.24) is 5.48 Å². The molecular formula is C13H15NO2. The normalized spacial score (nSPS) is 39.8. The number of rotatable bonds is 0. The van der Waals surface area contributed by atoms with Crippen LogP contribution in [0, 0.1) is 5.92 Å². The van der Waals surface area contributed by atoms with Gasteiger partial charge in [0.15, 0.2) is 0 Å². The lowest BCUT2D eigenvalue weighted by molar-refractivity contribution is -0.0209. The van der Waals surface area contributed by atoms with Crippen molar-refractivity contribution in [2.24, 2.45) is 5.92 Å². The third-order valence-corrected chi connectivity index (χ3v) is 4.10. The van der Waals surface area contributed by atoms with E-state index in [1.165, 1.54) is 12.0 Å². The number of nitrogens with one attached hydrogen (secondary N) is 1. The number of para-hydroxylation sites is 1. The number of ether oxygens (including phenoxy) is 1. The van der Waals surface area contributed by atoms with Gasteiger partial charge in [0.05, 0.1) is 12.1 Å². The minimum atomic E-state index is 0.334. The molecule has 0 spiro atoms. The van der Waals surface area contributed by atoms with Gasteiger partial charge in [0.1, 0.15) is 11.9 Å².